The van der Waals surface area contributed by atoms with Gasteiger partial charge in [0.05, 0.1) is 11.7 Å². The second-order valence-corrected chi connectivity index (χ2v) is 6.49. The van der Waals surface area contributed by atoms with Gasteiger partial charge in [-0.3, -0.25) is 0 Å². The van der Waals surface area contributed by atoms with Crippen molar-refractivity contribution in [3.8, 4) is 0 Å². The van der Waals surface area contributed by atoms with Crippen LogP contribution < -0.4 is 5.32 Å². The lowest BCUT2D eigenvalue weighted by molar-refractivity contribution is 0.747. The van der Waals surface area contributed by atoms with Gasteiger partial charge in [0.1, 0.15) is 0 Å². The molecule has 0 aliphatic rings. The van der Waals surface area contributed by atoms with Gasteiger partial charge in [0, 0.05) is 4.47 Å². The average Bonchev–Trinajstić information content (AvgIpc) is 2.47. The SMILES string of the molecule is CCc1ccc(C(CC)Nc2c(C)cc(C)cc2Br)cc1. The van der Waals surface area contributed by atoms with Crippen molar-refractivity contribution in [2.45, 2.75) is 46.6 Å². The molecule has 0 saturated heterocycles. The minimum atomic E-state index is 0.341. The molecular formula is C19H24BrN. The van der Waals surface area contributed by atoms with Gasteiger partial charge in [0.2, 0.25) is 0 Å². The highest BCUT2D eigenvalue weighted by atomic mass is 79.9. The molecule has 0 amide bonds. The number of hydrogen-bond acceptors (Lipinski definition) is 1. The Labute approximate surface area is 136 Å². The number of rotatable bonds is 5. The number of anilines is 1. The van der Waals surface area contributed by atoms with Crippen LogP contribution >= 0.6 is 15.9 Å². The second-order valence-electron chi connectivity index (χ2n) is 5.64. The zero-order valence-corrected chi connectivity index (χ0v) is 14.9. The molecule has 112 valence electrons. The highest BCUT2D eigenvalue weighted by Gasteiger charge is 2.13. The molecular weight excluding hydrogens is 322 g/mol. The Bertz CT molecular complexity index is 578. The predicted octanol–water partition coefficient (Wildman–Crippen LogP) is 6.19. The van der Waals surface area contributed by atoms with Gasteiger partial charge in [0.15, 0.2) is 0 Å². The van der Waals surface area contributed by atoms with Crippen molar-refractivity contribution < 1.29 is 0 Å². The topological polar surface area (TPSA) is 12.0 Å². The molecule has 21 heavy (non-hydrogen) atoms. The average molecular weight is 346 g/mol. The van der Waals surface area contributed by atoms with Gasteiger partial charge in [-0.2, -0.15) is 0 Å². The third-order valence-electron chi connectivity index (χ3n) is 3.95. The van der Waals surface area contributed by atoms with Crippen LogP contribution in [0.4, 0.5) is 5.69 Å². The number of hydrogen-bond donors (Lipinski definition) is 1. The molecule has 0 fully saturated rings. The summed E-state index contributed by atoms with van der Waals surface area (Å²) < 4.78 is 1.14. The number of halogens is 1. The first-order chi connectivity index (χ1) is 10.0. The summed E-state index contributed by atoms with van der Waals surface area (Å²) in [5.74, 6) is 0. The molecule has 2 heteroatoms. The third kappa shape index (κ3) is 3.88. The maximum Gasteiger partial charge on any atom is 0.0519 e. The van der Waals surface area contributed by atoms with Crippen molar-refractivity contribution in [1.82, 2.24) is 0 Å². The number of aryl methyl sites for hydroxylation is 3. The minimum Gasteiger partial charge on any atom is -0.377 e. The highest BCUT2D eigenvalue weighted by molar-refractivity contribution is 9.10. The van der Waals surface area contributed by atoms with E-state index in [2.05, 4.69) is 85.3 Å². The van der Waals surface area contributed by atoms with Crippen molar-refractivity contribution in [2.75, 3.05) is 5.32 Å². The molecule has 0 aliphatic heterocycles. The van der Waals surface area contributed by atoms with E-state index in [1.807, 2.05) is 0 Å². The van der Waals surface area contributed by atoms with Crippen LogP contribution in [-0.4, -0.2) is 0 Å². The Morgan fingerprint density at radius 1 is 1.05 bits per heavy atom. The molecule has 1 N–H and O–H groups in total. The molecule has 0 spiro atoms. The van der Waals surface area contributed by atoms with Crippen LogP contribution in [-0.2, 0) is 6.42 Å². The smallest absolute Gasteiger partial charge is 0.0519 e. The van der Waals surface area contributed by atoms with Gasteiger partial charge >= 0.3 is 0 Å². The van der Waals surface area contributed by atoms with Crippen LogP contribution in [0, 0.1) is 13.8 Å². The minimum absolute atomic E-state index is 0.341. The van der Waals surface area contributed by atoms with Crippen molar-refractivity contribution in [3.05, 3.63) is 63.1 Å². The van der Waals surface area contributed by atoms with Gasteiger partial charge in [-0.15, -0.1) is 0 Å². The van der Waals surface area contributed by atoms with E-state index in [9.17, 15) is 0 Å². The van der Waals surface area contributed by atoms with E-state index in [0.29, 0.717) is 6.04 Å². The molecule has 0 radical (unpaired) electrons. The first-order valence-corrected chi connectivity index (χ1v) is 8.46. The van der Waals surface area contributed by atoms with Gasteiger partial charge in [-0.1, -0.05) is 44.2 Å². The number of benzene rings is 2. The van der Waals surface area contributed by atoms with E-state index in [-0.39, 0.29) is 0 Å². The summed E-state index contributed by atoms with van der Waals surface area (Å²) in [6.07, 6.45) is 2.15. The van der Waals surface area contributed by atoms with E-state index in [4.69, 9.17) is 0 Å². The fourth-order valence-electron chi connectivity index (χ4n) is 2.68. The Hall–Kier alpha value is -1.28. The highest BCUT2D eigenvalue weighted by Crippen LogP contribution is 2.32. The van der Waals surface area contributed by atoms with Crippen LogP contribution in [0.2, 0.25) is 0 Å². The van der Waals surface area contributed by atoms with Crippen LogP contribution in [0.1, 0.15) is 48.6 Å². The van der Waals surface area contributed by atoms with Gasteiger partial charge in [0.25, 0.3) is 0 Å². The lowest BCUT2D eigenvalue weighted by Crippen LogP contribution is -2.11. The molecule has 2 aromatic rings. The summed E-state index contributed by atoms with van der Waals surface area (Å²) in [5, 5.41) is 3.70. The second kappa shape index (κ2) is 7.13. The van der Waals surface area contributed by atoms with Crippen LogP contribution in [0.15, 0.2) is 40.9 Å². The molecule has 1 nitrogen and oxygen atoms in total. The fourth-order valence-corrected chi connectivity index (χ4v) is 3.47. The maximum absolute atomic E-state index is 3.70. The molecule has 0 bridgehead atoms. The summed E-state index contributed by atoms with van der Waals surface area (Å²) >= 11 is 3.69. The summed E-state index contributed by atoms with van der Waals surface area (Å²) in [7, 11) is 0. The fraction of sp³-hybridized carbons (Fsp3) is 0.368. The van der Waals surface area contributed by atoms with E-state index < -0.39 is 0 Å². The van der Waals surface area contributed by atoms with Crippen molar-refractivity contribution in [2.24, 2.45) is 0 Å². The summed E-state index contributed by atoms with van der Waals surface area (Å²) in [5.41, 5.74) is 6.51. The predicted molar refractivity (Wildman–Crippen MR) is 96.1 cm³/mol. The van der Waals surface area contributed by atoms with E-state index >= 15 is 0 Å². The molecule has 0 aromatic heterocycles. The van der Waals surface area contributed by atoms with Crippen molar-refractivity contribution in [3.63, 3.8) is 0 Å². The molecule has 0 heterocycles. The molecule has 0 aliphatic carbocycles. The monoisotopic (exact) mass is 345 g/mol. The zero-order valence-electron chi connectivity index (χ0n) is 13.3. The molecule has 0 saturated carbocycles. The first-order valence-electron chi connectivity index (χ1n) is 7.67. The van der Waals surface area contributed by atoms with E-state index in [0.717, 1.165) is 17.3 Å². The van der Waals surface area contributed by atoms with Crippen molar-refractivity contribution >= 4 is 21.6 Å². The van der Waals surface area contributed by atoms with Crippen LogP contribution in [0.3, 0.4) is 0 Å². The quantitative estimate of drug-likeness (QED) is 0.680. The van der Waals surface area contributed by atoms with Crippen LogP contribution in [0.5, 0.6) is 0 Å². The zero-order chi connectivity index (χ0) is 15.4. The molecule has 2 aromatic carbocycles. The van der Waals surface area contributed by atoms with Gasteiger partial charge < -0.3 is 5.32 Å². The number of nitrogens with one attached hydrogen (secondary N) is 1. The maximum atomic E-state index is 3.70. The Kier molecular flexibility index (Phi) is 5.46. The van der Waals surface area contributed by atoms with Crippen LogP contribution in [0.25, 0.3) is 0 Å². The summed E-state index contributed by atoms with van der Waals surface area (Å²) in [6.45, 7) is 8.70. The molecule has 2 rings (SSSR count). The summed E-state index contributed by atoms with van der Waals surface area (Å²) in [6, 6.07) is 13.7. The molecule has 1 unspecified atom stereocenters. The lowest BCUT2D eigenvalue weighted by atomic mass is 10.0. The van der Waals surface area contributed by atoms with Crippen molar-refractivity contribution in [1.29, 1.82) is 0 Å². The Morgan fingerprint density at radius 3 is 2.24 bits per heavy atom. The summed E-state index contributed by atoms with van der Waals surface area (Å²) in [4.78, 5) is 0. The van der Waals surface area contributed by atoms with E-state index in [1.54, 1.807) is 0 Å². The third-order valence-corrected chi connectivity index (χ3v) is 4.57. The largest absolute Gasteiger partial charge is 0.377 e. The van der Waals surface area contributed by atoms with Gasteiger partial charge in [-0.25, -0.2) is 0 Å². The lowest BCUT2D eigenvalue weighted by Gasteiger charge is -2.22. The van der Waals surface area contributed by atoms with Gasteiger partial charge in [-0.05, 0) is 70.9 Å². The first kappa shape index (κ1) is 16.1. The van der Waals surface area contributed by atoms with E-state index in [1.165, 1.54) is 27.9 Å². The normalized spacial score (nSPS) is 12.2. The standard InChI is InChI=1S/C19H24BrN/c1-5-15-7-9-16(10-8-15)18(6-2)21-19-14(4)11-13(3)12-17(19)20/h7-12,18,21H,5-6H2,1-4H3. The Balaban J connectivity index is 2.26. The molecule has 1 atom stereocenters. The Morgan fingerprint density at radius 2 is 1.71 bits per heavy atom.